The monoisotopic (exact) mass is 438 g/mol. The molecule has 6 nitrogen and oxygen atoms in total. The minimum absolute atomic E-state index is 0.0367. The molecule has 2 aromatic heterocycles. The van der Waals surface area contributed by atoms with Gasteiger partial charge >= 0.3 is 0 Å². The molecule has 1 aliphatic heterocycles. The molecule has 0 bridgehead atoms. The molecule has 3 heterocycles. The van der Waals surface area contributed by atoms with Gasteiger partial charge < -0.3 is 19.4 Å². The zero-order chi connectivity index (χ0) is 22.1. The highest BCUT2D eigenvalue weighted by molar-refractivity contribution is 6.34. The largest absolute Gasteiger partial charge is 0.354 e. The van der Waals surface area contributed by atoms with Crippen LogP contribution in [-0.2, 0) is 6.54 Å². The lowest BCUT2D eigenvalue weighted by atomic mass is 10.0. The Morgan fingerprint density at radius 2 is 1.94 bits per heavy atom. The van der Waals surface area contributed by atoms with Crippen molar-refractivity contribution < 1.29 is 4.79 Å². The van der Waals surface area contributed by atoms with Crippen LogP contribution in [-0.4, -0.2) is 58.5 Å². The standard InChI is InChI=1S/C24H27ClN4O2/c1-4-5-8-29-15-20(19-13-16(2)26-22(19)24(29)31)17-6-7-18(21(25)14-17)23(30)28-11-9-27(3)10-12-28/h4-7,13-15,26H,8-12H2,1-3H3/b5-4+. The maximum Gasteiger partial charge on any atom is 0.275 e. The minimum Gasteiger partial charge on any atom is -0.354 e. The molecule has 0 saturated carbocycles. The zero-order valence-electron chi connectivity index (χ0n) is 18.1. The number of aryl methyl sites for hydroxylation is 1. The predicted octanol–water partition coefficient (Wildman–Crippen LogP) is 3.92. The summed E-state index contributed by atoms with van der Waals surface area (Å²) in [7, 11) is 2.06. The van der Waals surface area contributed by atoms with Gasteiger partial charge in [-0.2, -0.15) is 0 Å². The summed E-state index contributed by atoms with van der Waals surface area (Å²) in [4.78, 5) is 33.1. The topological polar surface area (TPSA) is 61.3 Å². The fourth-order valence-corrected chi connectivity index (χ4v) is 4.28. The lowest BCUT2D eigenvalue weighted by molar-refractivity contribution is 0.0664. The number of H-pyrrole nitrogens is 1. The van der Waals surface area contributed by atoms with Gasteiger partial charge in [-0.3, -0.25) is 9.59 Å². The molecular formula is C24H27ClN4O2. The summed E-state index contributed by atoms with van der Waals surface area (Å²) >= 11 is 6.59. The minimum atomic E-state index is -0.0575. The van der Waals surface area contributed by atoms with Crippen LogP contribution in [0.1, 0.15) is 23.0 Å². The van der Waals surface area contributed by atoms with Crippen LogP contribution in [0, 0.1) is 6.92 Å². The molecule has 0 spiro atoms. The summed E-state index contributed by atoms with van der Waals surface area (Å²) in [5.41, 5.74) is 3.73. The predicted molar refractivity (Wildman–Crippen MR) is 126 cm³/mol. The average molecular weight is 439 g/mol. The number of hydrogen-bond acceptors (Lipinski definition) is 3. The Morgan fingerprint density at radius 3 is 2.61 bits per heavy atom. The van der Waals surface area contributed by atoms with Crippen LogP contribution in [0.25, 0.3) is 22.0 Å². The number of aromatic amines is 1. The number of halogens is 1. The number of nitrogens with zero attached hydrogens (tertiary/aromatic N) is 3. The quantitative estimate of drug-likeness (QED) is 0.628. The van der Waals surface area contributed by atoms with E-state index in [-0.39, 0.29) is 11.5 Å². The van der Waals surface area contributed by atoms with Crippen molar-refractivity contribution in [3.8, 4) is 11.1 Å². The Hall–Kier alpha value is -2.83. The fourth-order valence-electron chi connectivity index (χ4n) is 4.02. The number of benzene rings is 1. The van der Waals surface area contributed by atoms with Gasteiger partial charge in [0.2, 0.25) is 0 Å². The smallest absolute Gasteiger partial charge is 0.275 e. The van der Waals surface area contributed by atoms with E-state index in [1.807, 2.05) is 55.3 Å². The van der Waals surface area contributed by atoms with E-state index in [9.17, 15) is 9.59 Å². The number of carbonyl (C=O) groups is 1. The number of pyridine rings is 1. The van der Waals surface area contributed by atoms with Crippen molar-refractivity contribution in [2.75, 3.05) is 33.2 Å². The van der Waals surface area contributed by atoms with Gasteiger partial charge in [0, 0.05) is 55.6 Å². The lowest BCUT2D eigenvalue weighted by Crippen LogP contribution is -2.47. The second kappa shape index (κ2) is 8.73. The fraction of sp³-hybridized carbons (Fsp3) is 0.333. The van der Waals surface area contributed by atoms with Crippen molar-refractivity contribution in [3.05, 3.63) is 69.2 Å². The summed E-state index contributed by atoms with van der Waals surface area (Å²) < 4.78 is 1.69. The first kappa shape index (κ1) is 21.4. The number of likely N-dealkylation sites (N-methyl/N-ethyl adjacent to an activating group) is 1. The van der Waals surface area contributed by atoms with Crippen LogP contribution in [0.3, 0.4) is 0 Å². The normalized spacial score (nSPS) is 15.3. The number of nitrogens with one attached hydrogen (secondary N) is 1. The molecule has 0 aliphatic carbocycles. The highest BCUT2D eigenvalue weighted by atomic mass is 35.5. The van der Waals surface area contributed by atoms with Crippen molar-refractivity contribution in [2.24, 2.45) is 0 Å². The van der Waals surface area contributed by atoms with E-state index in [2.05, 4.69) is 16.9 Å². The molecule has 3 aromatic rings. The number of hydrogen-bond donors (Lipinski definition) is 1. The van der Waals surface area contributed by atoms with E-state index in [0.29, 0.717) is 35.7 Å². The molecule has 1 aliphatic rings. The molecule has 31 heavy (non-hydrogen) atoms. The van der Waals surface area contributed by atoms with Crippen LogP contribution < -0.4 is 5.56 Å². The van der Waals surface area contributed by atoms with Crippen molar-refractivity contribution in [1.82, 2.24) is 19.4 Å². The van der Waals surface area contributed by atoms with Crippen molar-refractivity contribution in [2.45, 2.75) is 20.4 Å². The summed E-state index contributed by atoms with van der Waals surface area (Å²) in [6, 6.07) is 7.51. The molecule has 0 atom stereocenters. The second-order valence-electron chi connectivity index (χ2n) is 8.10. The molecule has 4 rings (SSSR count). The molecular weight excluding hydrogens is 412 g/mol. The van der Waals surface area contributed by atoms with Crippen molar-refractivity contribution in [3.63, 3.8) is 0 Å². The van der Waals surface area contributed by atoms with E-state index in [0.717, 1.165) is 35.3 Å². The highest BCUT2D eigenvalue weighted by Gasteiger charge is 2.23. The summed E-state index contributed by atoms with van der Waals surface area (Å²) in [5.74, 6) is -0.0367. The molecule has 1 amide bonds. The van der Waals surface area contributed by atoms with Crippen LogP contribution in [0.5, 0.6) is 0 Å². The van der Waals surface area contributed by atoms with Gasteiger partial charge in [-0.1, -0.05) is 29.8 Å². The van der Waals surface area contributed by atoms with Gasteiger partial charge in [-0.15, -0.1) is 0 Å². The Labute approximate surface area is 186 Å². The van der Waals surface area contributed by atoms with Crippen LogP contribution in [0.15, 0.2) is 47.4 Å². The maximum absolute atomic E-state index is 13.0. The zero-order valence-corrected chi connectivity index (χ0v) is 18.9. The number of piperazine rings is 1. The first-order valence-electron chi connectivity index (χ1n) is 10.5. The number of carbonyl (C=O) groups excluding carboxylic acids is 1. The Bertz CT molecular complexity index is 1220. The molecule has 1 N–H and O–H groups in total. The van der Waals surface area contributed by atoms with Crippen molar-refractivity contribution >= 4 is 28.4 Å². The van der Waals surface area contributed by atoms with Crippen molar-refractivity contribution in [1.29, 1.82) is 0 Å². The molecule has 0 unspecified atom stereocenters. The molecule has 162 valence electrons. The van der Waals surface area contributed by atoms with Gasteiger partial charge in [0.1, 0.15) is 5.52 Å². The number of allylic oxidation sites excluding steroid dienone is 2. The first-order valence-corrected chi connectivity index (χ1v) is 10.9. The molecule has 0 radical (unpaired) electrons. The number of rotatable bonds is 4. The molecule has 1 saturated heterocycles. The van der Waals surface area contributed by atoms with Gasteiger partial charge in [0.25, 0.3) is 11.5 Å². The summed E-state index contributed by atoms with van der Waals surface area (Å²) in [6.07, 6.45) is 5.73. The lowest BCUT2D eigenvalue weighted by Gasteiger charge is -2.32. The number of aromatic nitrogens is 2. The van der Waals surface area contributed by atoms with Crippen LogP contribution >= 0.6 is 11.6 Å². The van der Waals surface area contributed by atoms with Gasteiger partial charge in [-0.05, 0) is 44.7 Å². The van der Waals surface area contributed by atoms with Crippen LogP contribution in [0.2, 0.25) is 5.02 Å². The van der Waals surface area contributed by atoms with E-state index in [1.165, 1.54) is 0 Å². The summed E-state index contributed by atoms with van der Waals surface area (Å²) in [5, 5.41) is 1.28. The third kappa shape index (κ3) is 4.18. The van der Waals surface area contributed by atoms with E-state index in [1.54, 1.807) is 10.6 Å². The Balaban J connectivity index is 1.75. The van der Waals surface area contributed by atoms with Gasteiger partial charge in [-0.25, -0.2) is 0 Å². The first-order chi connectivity index (χ1) is 14.9. The highest BCUT2D eigenvalue weighted by Crippen LogP contribution is 2.31. The Kier molecular flexibility index (Phi) is 6.03. The maximum atomic E-state index is 13.0. The molecule has 7 heteroatoms. The van der Waals surface area contributed by atoms with E-state index >= 15 is 0 Å². The molecule has 1 fully saturated rings. The average Bonchev–Trinajstić information content (AvgIpc) is 3.15. The third-order valence-electron chi connectivity index (χ3n) is 5.84. The SMILES string of the molecule is C/C=C/Cn1cc(-c2ccc(C(=O)N3CCN(C)CC3)c(Cl)c2)c2cc(C)[nH]c2c1=O. The van der Waals surface area contributed by atoms with Crippen LogP contribution in [0.4, 0.5) is 0 Å². The Morgan fingerprint density at radius 1 is 1.19 bits per heavy atom. The van der Waals surface area contributed by atoms with Gasteiger partial charge in [0.15, 0.2) is 0 Å². The molecule has 1 aromatic carbocycles. The number of fused-ring (bicyclic) bond motifs is 1. The third-order valence-corrected chi connectivity index (χ3v) is 6.15. The number of amides is 1. The van der Waals surface area contributed by atoms with E-state index in [4.69, 9.17) is 11.6 Å². The van der Waals surface area contributed by atoms with E-state index < -0.39 is 0 Å². The second-order valence-corrected chi connectivity index (χ2v) is 8.51. The van der Waals surface area contributed by atoms with Gasteiger partial charge in [0.05, 0.1) is 10.6 Å². The summed E-state index contributed by atoms with van der Waals surface area (Å²) in [6.45, 7) is 7.48.